The van der Waals surface area contributed by atoms with Gasteiger partial charge in [-0.1, -0.05) is 23.7 Å². The van der Waals surface area contributed by atoms with Crippen LogP contribution >= 0.6 is 11.6 Å². The maximum atomic E-state index is 12.8. The van der Waals surface area contributed by atoms with Gasteiger partial charge < -0.3 is 10.4 Å². The number of halogens is 2. The van der Waals surface area contributed by atoms with Crippen LogP contribution in [-0.4, -0.2) is 11.1 Å². The Labute approximate surface area is 116 Å². The SMILES string of the molecule is CC(Cc1ccc(F)cc1)Nc1ccc(O)c(Cl)c1. The molecule has 2 N–H and O–H groups in total. The summed E-state index contributed by atoms with van der Waals surface area (Å²) in [5, 5.41) is 12.9. The van der Waals surface area contributed by atoms with Crippen molar-refractivity contribution >= 4 is 17.3 Å². The van der Waals surface area contributed by atoms with E-state index in [1.807, 2.05) is 6.92 Å². The highest BCUT2D eigenvalue weighted by Gasteiger charge is 2.06. The number of benzene rings is 2. The quantitative estimate of drug-likeness (QED) is 0.821. The Kier molecular flexibility index (Phi) is 4.27. The van der Waals surface area contributed by atoms with Crippen LogP contribution in [0.4, 0.5) is 10.1 Å². The van der Waals surface area contributed by atoms with E-state index in [4.69, 9.17) is 11.6 Å². The van der Waals surface area contributed by atoms with Crippen molar-refractivity contribution in [2.24, 2.45) is 0 Å². The fourth-order valence-electron chi connectivity index (χ4n) is 1.91. The number of phenolic OH excluding ortho intramolecular Hbond substituents is 1. The van der Waals surface area contributed by atoms with Crippen LogP contribution in [0.25, 0.3) is 0 Å². The minimum atomic E-state index is -0.227. The molecule has 19 heavy (non-hydrogen) atoms. The molecule has 2 rings (SSSR count). The van der Waals surface area contributed by atoms with Gasteiger partial charge in [-0.3, -0.25) is 0 Å². The molecule has 0 fully saturated rings. The van der Waals surface area contributed by atoms with Crippen molar-refractivity contribution in [3.8, 4) is 5.75 Å². The molecule has 0 spiro atoms. The monoisotopic (exact) mass is 279 g/mol. The van der Waals surface area contributed by atoms with Gasteiger partial charge in [0.1, 0.15) is 11.6 Å². The highest BCUT2D eigenvalue weighted by atomic mass is 35.5. The van der Waals surface area contributed by atoms with Crippen LogP contribution in [-0.2, 0) is 6.42 Å². The van der Waals surface area contributed by atoms with Gasteiger partial charge in [-0.25, -0.2) is 4.39 Å². The second-order valence-electron chi connectivity index (χ2n) is 4.54. The first-order valence-corrected chi connectivity index (χ1v) is 6.42. The average molecular weight is 280 g/mol. The molecule has 1 atom stereocenters. The fraction of sp³-hybridized carbons (Fsp3) is 0.200. The Morgan fingerprint density at radius 2 is 1.89 bits per heavy atom. The zero-order valence-corrected chi connectivity index (χ0v) is 11.3. The highest BCUT2D eigenvalue weighted by molar-refractivity contribution is 6.32. The van der Waals surface area contributed by atoms with E-state index in [9.17, 15) is 9.50 Å². The van der Waals surface area contributed by atoms with E-state index < -0.39 is 0 Å². The lowest BCUT2D eigenvalue weighted by molar-refractivity contribution is 0.475. The first-order chi connectivity index (χ1) is 9.04. The zero-order chi connectivity index (χ0) is 13.8. The molecule has 4 heteroatoms. The van der Waals surface area contributed by atoms with Crippen molar-refractivity contribution in [1.29, 1.82) is 0 Å². The lowest BCUT2D eigenvalue weighted by atomic mass is 10.1. The lowest BCUT2D eigenvalue weighted by Crippen LogP contribution is -2.17. The number of phenols is 1. The second-order valence-corrected chi connectivity index (χ2v) is 4.95. The van der Waals surface area contributed by atoms with Crippen LogP contribution in [0.1, 0.15) is 12.5 Å². The summed E-state index contributed by atoms with van der Waals surface area (Å²) >= 11 is 5.84. The van der Waals surface area contributed by atoms with Crippen molar-refractivity contribution in [2.45, 2.75) is 19.4 Å². The second kappa shape index (κ2) is 5.93. The maximum Gasteiger partial charge on any atom is 0.134 e. The largest absolute Gasteiger partial charge is 0.506 e. The van der Waals surface area contributed by atoms with Crippen molar-refractivity contribution in [3.63, 3.8) is 0 Å². The normalized spacial score (nSPS) is 12.2. The van der Waals surface area contributed by atoms with Crippen LogP contribution in [0.2, 0.25) is 5.02 Å². The predicted octanol–water partition coefficient (Wildman–Crippen LogP) is 4.23. The molecule has 100 valence electrons. The summed E-state index contributed by atoms with van der Waals surface area (Å²) in [6.07, 6.45) is 0.777. The minimum absolute atomic E-state index is 0.0680. The van der Waals surface area contributed by atoms with E-state index in [1.54, 1.807) is 30.3 Å². The summed E-state index contributed by atoms with van der Waals surface area (Å²) in [5.74, 6) is -0.159. The summed E-state index contributed by atoms with van der Waals surface area (Å²) in [4.78, 5) is 0. The van der Waals surface area contributed by atoms with Gasteiger partial charge in [-0.15, -0.1) is 0 Å². The predicted molar refractivity (Wildman–Crippen MR) is 76.3 cm³/mol. The van der Waals surface area contributed by atoms with Gasteiger partial charge in [-0.05, 0) is 49.2 Å². The van der Waals surface area contributed by atoms with Crippen LogP contribution < -0.4 is 5.32 Å². The Morgan fingerprint density at radius 3 is 2.53 bits per heavy atom. The number of anilines is 1. The van der Waals surface area contributed by atoms with Gasteiger partial charge in [0, 0.05) is 11.7 Å². The first-order valence-electron chi connectivity index (χ1n) is 6.04. The molecular weight excluding hydrogens is 265 g/mol. The molecule has 1 unspecified atom stereocenters. The third-order valence-electron chi connectivity index (χ3n) is 2.82. The van der Waals surface area contributed by atoms with Gasteiger partial charge >= 0.3 is 0 Å². The van der Waals surface area contributed by atoms with Gasteiger partial charge in [0.25, 0.3) is 0 Å². The Hall–Kier alpha value is -1.74. The van der Waals surface area contributed by atoms with E-state index in [0.29, 0.717) is 5.02 Å². The van der Waals surface area contributed by atoms with Gasteiger partial charge in [0.05, 0.1) is 5.02 Å². The van der Waals surface area contributed by atoms with Crippen LogP contribution in [0.15, 0.2) is 42.5 Å². The van der Waals surface area contributed by atoms with E-state index in [1.165, 1.54) is 12.1 Å². The zero-order valence-electron chi connectivity index (χ0n) is 10.5. The first kappa shape index (κ1) is 13.7. The highest BCUT2D eigenvalue weighted by Crippen LogP contribution is 2.26. The molecule has 0 aliphatic heterocycles. The molecule has 0 bridgehead atoms. The van der Waals surface area contributed by atoms with Gasteiger partial charge in [-0.2, -0.15) is 0 Å². The van der Waals surface area contributed by atoms with Crippen LogP contribution in [0.3, 0.4) is 0 Å². The van der Waals surface area contributed by atoms with Crippen molar-refractivity contribution in [3.05, 3.63) is 58.9 Å². The summed E-state index contributed by atoms with van der Waals surface area (Å²) < 4.78 is 12.8. The Morgan fingerprint density at radius 1 is 1.21 bits per heavy atom. The van der Waals surface area contributed by atoms with E-state index >= 15 is 0 Å². The molecule has 0 aliphatic rings. The molecule has 0 radical (unpaired) electrons. The Balaban J connectivity index is 1.98. The standard InChI is InChI=1S/C15H15ClFNO/c1-10(8-11-2-4-12(17)5-3-11)18-13-6-7-15(19)14(16)9-13/h2-7,9-10,18-19H,8H2,1H3. The number of nitrogens with one attached hydrogen (secondary N) is 1. The number of aromatic hydroxyl groups is 1. The molecular formula is C15H15ClFNO. The fourth-order valence-corrected chi connectivity index (χ4v) is 2.09. The lowest BCUT2D eigenvalue weighted by Gasteiger charge is -2.15. The molecule has 0 saturated carbocycles. The van der Waals surface area contributed by atoms with E-state index in [0.717, 1.165) is 17.7 Å². The molecule has 0 aromatic heterocycles. The number of rotatable bonds is 4. The van der Waals surface area contributed by atoms with E-state index in [2.05, 4.69) is 5.32 Å². The maximum absolute atomic E-state index is 12.8. The molecule has 0 aliphatic carbocycles. The van der Waals surface area contributed by atoms with Crippen molar-refractivity contribution in [1.82, 2.24) is 0 Å². The molecule has 2 aromatic carbocycles. The van der Waals surface area contributed by atoms with E-state index in [-0.39, 0.29) is 17.6 Å². The molecule has 0 amide bonds. The third kappa shape index (κ3) is 3.86. The summed E-state index contributed by atoms with van der Waals surface area (Å²) in [6, 6.07) is 11.6. The smallest absolute Gasteiger partial charge is 0.134 e. The molecule has 0 saturated heterocycles. The molecule has 0 heterocycles. The summed E-state index contributed by atoms with van der Waals surface area (Å²) in [5.41, 5.74) is 1.91. The van der Waals surface area contributed by atoms with Crippen LogP contribution in [0.5, 0.6) is 5.75 Å². The van der Waals surface area contributed by atoms with Crippen LogP contribution in [0, 0.1) is 5.82 Å². The van der Waals surface area contributed by atoms with Gasteiger partial charge in [0.2, 0.25) is 0 Å². The third-order valence-corrected chi connectivity index (χ3v) is 3.12. The van der Waals surface area contributed by atoms with Gasteiger partial charge in [0.15, 0.2) is 0 Å². The van der Waals surface area contributed by atoms with Crippen molar-refractivity contribution < 1.29 is 9.50 Å². The number of hydrogen-bond acceptors (Lipinski definition) is 2. The Bertz CT molecular complexity index is 557. The number of hydrogen-bond donors (Lipinski definition) is 2. The summed E-state index contributed by atoms with van der Waals surface area (Å²) in [6.45, 7) is 2.03. The molecule has 2 aromatic rings. The average Bonchev–Trinajstić information content (AvgIpc) is 2.37. The van der Waals surface area contributed by atoms with Crippen molar-refractivity contribution in [2.75, 3.05) is 5.32 Å². The molecule has 2 nitrogen and oxygen atoms in total. The topological polar surface area (TPSA) is 32.3 Å². The summed E-state index contributed by atoms with van der Waals surface area (Å²) in [7, 11) is 0. The minimum Gasteiger partial charge on any atom is -0.506 e.